The summed E-state index contributed by atoms with van der Waals surface area (Å²) in [6.07, 6.45) is 5.70. The number of hydrogen-bond donors (Lipinski definition) is 2. The number of benzene rings is 3. The average Bonchev–Trinajstić information content (AvgIpc) is 3.42. The fourth-order valence-corrected chi connectivity index (χ4v) is 6.02. The van der Waals surface area contributed by atoms with E-state index in [9.17, 15) is 4.79 Å². The highest BCUT2D eigenvalue weighted by Crippen LogP contribution is 2.36. The third-order valence-electron chi connectivity index (χ3n) is 8.46. The highest BCUT2D eigenvalue weighted by molar-refractivity contribution is 6.08. The number of aromatic nitrogens is 2. The third-order valence-corrected chi connectivity index (χ3v) is 8.46. The van der Waals surface area contributed by atoms with Gasteiger partial charge < -0.3 is 10.1 Å². The Bertz CT molecular complexity index is 1610. The minimum atomic E-state index is -0.299. The first-order chi connectivity index (χ1) is 20.3. The summed E-state index contributed by atoms with van der Waals surface area (Å²) in [5.74, 6) is 0.629. The van der Waals surface area contributed by atoms with E-state index in [1.807, 2.05) is 30.3 Å². The van der Waals surface area contributed by atoms with Gasteiger partial charge >= 0.3 is 6.03 Å². The van der Waals surface area contributed by atoms with E-state index in [0.29, 0.717) is 11.9 Å². The Morgan fingerprint density at radius 2 is 1.69 bits per heavy atom. The molecule has 1 aliphatic carbocycles. The Kier molecular flexibility index (Phi) is 7.88. The predicted octanol–water partition coefficient (Wildman–Crippen LogP) is 7.54. The normalized spacial score (nSPS) is 18.1. The number of nitrogens with one attached hydrogen (secondary N) is 2. The lowest BCUT2D eigenvalue weighted by Crippen LogP contribution is -2.43. The number of urea groups is 1. The Balaban J connectivity index is 1.23. The molecular weight excluding hydrogens is 522 g/mol. The monoisotopic (exact) mass is 563 g/mol. The molecule has 7 nitrogen and oxygen atoms in total. The van der Waals surface area contributed by atoms with Gasteiger partial charge in [-0.05, 0) is 60.9 Å². The summed E-state index contributed by atoms with van der Waals surface area (Å²) in [6.45, 7) is 12.2. The van der Waals surface area contributed by atoms with Crippen molar-refractivity contribution in [3.8, 4) is 5.69 Å². The van der Waals surface area contributed by atoms with Crippen LogP contribution >= 0.6 is 0 Å². The highest BCUT2D eigenvalue weighted by Gasteiger charge is 2.25. The van der Waals surface area contributed by atoms with Crippen LogP contribution in [0.4, 0.5) is 16.3 Å². The Morgan fingerprint density at radius 3 is 2.38 bits per heavy atom. The second-order valence-corrected chi connectivity index (χ2v) is 12.5. The molecule has 1 aromatic heterocycles. The first-order valence-electron chi connectivity index (χ1n) is 15.0. The van der Waals surface area contributed by atoms with Gasteiger partial charge in [-0.3, -0.25) is 10.2 Å². The zero-order chi connectivity index (χ0) is 29.3. The number of ether oxygens (including phenoxy) is 1. The Labute approximate surface area is 248 Å². The van der Waals surface area contributed by atoms with E-state index in [4.69, 9.17) is 9.84 Å². The van der Waals surface area contributed by atoms with Crippen LogP contribution in [0.15, 0.2) is 72.8 Å². The minimum absolute atomic E-state index is 0.162. The first kappa shape index (κ1) is 28.2. The zero-order valence-corrected chi connectivity index (χ0v) is 25.1. The van der Waals surface area contributed by atoms with Crippen LogP contribution in [0.2, 0.25) is 0 Å². The van der Waals surface area contributed by atoms with Crippen LogP contribution in [0.1, 0.15) is 56.9 Å². The van der Waals surface area contributed by atoms with E-state index < -0.39 is 0 Å². The van der Waals surface area contributed by atoms with Crippen molar-refractivity contribution in [3.05, 3.63) is 89.6 Å². The van der Waals surface area contributed by atoms with Gasteiger partial charge in [0.25, 0.3) is 0 Å². The zero-order valence-electron chi connectivity index (χ0n) is 25.1. The summed E-state index contributed by atoms with van der Waals surface area (Å²) in [4.78, 5) is 16.0. The number of fused-ring (bicyclic) bond motifs is 1. The number of hydrogen-bond acceptors (Lipinski definition) is 4. The lowest BCUT2D eigenvalue weighted by Gasteiger charge is -2.36. The van der Waals surface area contributed by atoms with Crippen LogP contribution < -0.4 is 10.6 Å². The quantitative estimate of drug-likeness (QED) is 0.263. The van der Waals surface area contributed by atoms with Crippen molar-refractivity contribution >= 4 is 33.9 Å². The molecule has 7 heteroatoms. The number of anilines is 2. The number of amides is 2. The van der Waals surface area contributed by atoms with Gasteiger partial charge in [0.1, 0.15) is 5.82 Å². The SMILES string of the molecule is Cc1ccc(-n2nc(C(C)(C)C)cc2NC(=O)Nc2ccc(C3=CCC(N4CCOCC4)CC3)c3ccccc23)cc1. The molecular formula is C35H41N5O2. The van der Waals surface area contributed by atoms with Crippen LogP contribution in [0.25, 0.3) is 22.0 Å². The predicted molar refractivity (Wildman–Crippen MR) is 172 cm³/mol. The molecule has 4 aromatic rings. The van der Waals surface area contributed by atoms with Gasteiger partial charge in [-0.2, -0.15) is 5.10 Å². The molecule has 3 aromatic carbocycles. The first-order valence-corrected chi connectivity index (χ1v) is 15.0. The van der Waals surface area contributed by atoms with Crippen molar-refractivity contribution in [2.75, 3.05) is 36.9 Å². The Hall–Kier alpha value is -3.94. The third kappa shape index (κ3) is 5.98. The summed E-state index contributed by atoms with van der Waals surface area (Å²) < 4.78 is 7.36. The lowest BCUT2D eigenvalue weighted by molar-refractivity contribution is 0.0150. The topological polar surface area (TPSA) is 71.4 Å². The number of nitrogens with zero attached hydrogens (tertiary/aromatic N) is 3. The average molecular weight is 564 g/mol. The molecule has 0 bridgehead atoms. The second-order valence-electron chi connectivity index (χ2n) is 12.5. The van der Waals surface area contributed by atoms with Crippen LogP contribution in [-0.4, -0.2) is 53.1 Å². The van der Waals surface area contributed by atoms with Crippen LogP contribution in [-0.2, 0) is 10.2 Å². The molecule has 1 aliphatic heterocycles. The molecule has 2 N–H and O–H groups in total. The van der Waals surface area contributed by atoms with E-state index >= 15 is 0 Å². The summed E-state index contributed by atoms with van der Waals surface area (Å²) in [7, 11) is 0. The van der Waals surface area contributed by atoms with Crippen molar-refractivity contribution in [1.82, 2.24) is 14.7 Å². The molecule has 2 heterocycles. The molecule has 1 saturated heterocycles. The van der Waals surface area contributed by atoms with E-state index in [1.54, 1.807) is 4.68 Å². The number of aryl methyl sites for hydroxylation is 1. The van der Waals surface area contributed by atoms with Crippen LogP contribution in [0.5, 0.6) is 0 Å². The summed E-state index contributed by atoms with van der Waals surface area (Å²) in [6, 6.07) is 22.9. The van der Waals surface area contributed by atoms with Crippen LogP contribution in [0, 0.1) is 6.92 Å². The van der Waals surface area contributed by atoms with Crippen molar-refractivity contribution in [2.24, 2.45) is 0 Å². The lowest BCUT2D eigenvalue weighted by atomic mass is 9.87. The smallest absolute Gasteiger partial charge is 0.324 e. The number of rotatable bonds is 5. The fourth-order valence-electron chi connectivity index (χ4n) is 6.02. The molecule has 1 unspecified atom stereocenters. The van der Waals surface area contributed by atoms with Crippen molar-refractivity contribution in [1.29, 1.82) is 0 Å². The standard InChI is InChI=1S/C35H41N5O2/c1-24-9-13-27(14-10-24)40-33(23-32(38-40)35(2,3)4)37-34(41)36-31-18-17-28(29-7-5-6-8-30(29)31)25-11-15-26(16-12-25)39-19-21-42-22-20-39/h5-11,13-14,17-18,23,26H,12,15-16,19-22H2,1-4H3,(H2,36,37,41). The highest BCUT2D eigenvalue weighted by atomic mass is 16.5. The van der Waals surface area contributed by atoms with Gasteiger partial charge in [-0.15, -0.1) is 0 Å². The maximum atomic E-state index is 13.4. The van der Waals surface area contributed by atoms with Gasteiger partial charge in [0.05, 0.1) is 30.3 Å². The van der Waals surface area contributed by atoms with Gasteiger partial charge in [-0.1, -0.05) is 74.9 Å². The van der Waals surface area contributed by atoms with Crippen molar-refractivity contribution < 1.29 is 9.53 Å². The van der Waals surface area contributed by atoms with Crippen LogP contribution in [0.3, 0.4) is 0 Å². The summed E-state index contributed by atoms with van der Waals surface area (Å²) in [5, 5.41) is 13.2. The number of carbonyl (C=O) groups is 1. The number of carbonyl (C=O) groups excluding carboxylic acids is 1. The largest absolute Gasteiger partial charge is 0.379 e. The summed E-state index contributed by atoms with van der Waals surface area (Å²) >= 11 is 0. The molecule has 1 atom stereocenters. The fraction of sp³-hybridized carbons (Fsp3) is 0.371. The minimum Gasteiger partial charge on any atom is -0.379 e. The van der Waals surface area contributed by atoms with Gasteiger partial charge in [0.15, 0.2) is 0 Å². The molecule has 2 amide bonds. The molecule has 1 fully saturated rings. The molecule has 0 saturated carbocycles. The number of allylic oxidation sites excluding steroid dienone is 1. The van der Waals surface area contributed by atoms with Gasteiger partial charge in [0.2, 0.25) is 0 Å². The van der Waals surface area contributed by atoms with E-state index in [-0.39, 0.29) is 11.4 Å². The van der Waals surface area contributed by atoms with E-state index in [0.717, 1.165) is 73.4 Å². The number of morpholine rings is 1. The van der Waals surface area contributed by atoms with Gasteiger partial charge in [0, 0.05) is 36.0 Å². The molecule has 218 valence electrons. The van der Waals surface area contributed by atoms with Crippen molar-refractivity contribution in [3.63, 3.8) is 0 Å². The van der Waals surface area contributed by atoms with Gasteiger partial charge in [-0.25, -0.2) is 9.48 Å². The Morgan fingerprint density at radius 1 is 0.952 bits per heavy atom. The van der Waals surface area contributed by atoms with E-state index in [1.165, 1.54) is 16.7 Å². The molecule has 2 aliphatic rings. The maximum Gasteiger partial charge on any atom is 0.324 e. The molecule has 0 spiro atoms. The molecule has 6 rings (SSSR count). The van der Waals surface area contributed by atoms with Crippen molar-refractivity contribution in [2.45, 2.75) is 58.4 Å². The maximum absolute atomic E-state index is 13.4. The van der Waals surface area contributed by atoms with E-state index in [2.05, 4.69) is 85.7 Å². The molecule has 42 heavy (non-hydrogen) atoms. The summed E-state index contributed by atoms with van der Waals surface area (Å²) in [5.41, 5.74) is 6.25. The molecule has 0 radical (unpaired) electrons. The second kappa shape index (κ2) is 11.7.